The van der Waals surface area contributed by atoms with Crippen LogP contribution in [-0.2, 0) is 17.7 Å². The Hall–Kier alpha value is -2.69. The third-order valence-electron chi connectivity index (χ3n) is 5.00. The molecule has 0 aliphatic heterocycles. The Labute approximate surface area is 192 Å². The van der Waals surface area contributed by atoms with Gasteiger partial charge in [0.1, 0.15) is 5.75 Å². The molecular formula is C26H25ClN2OS. The molecular weight excluding hydrogens is 424 g/mol. The predicted molar refractivity (Wildman–Crippen MR) is 129 cm³/mol. The molecule has 0 spiro atoms. The van der Waals surface area contributed by atoms with Crippen LogP contribution in [-0.4, -0.2) is 9.97 Å². The number of benzene rings is 2. The second-order valence-corrected chi connectivity index (χ2v) is 9.73. The van der Waals surface area contributed by atoms with Crippen LogP contribution in [0.3, 0.4) is 0 Å². The molecule has 5 heteroatoms. The highest BCUT2D eigenvalue weighted by Crippen LogP contribution is 2.36. The van der Waals surface area contributed by atoms with Crippen molar-refractivity contribution >= 4 is 22.9 Å². The van der Waals surface area contributed by atoms with E-state index in [0.29, 0.717) is 18.2 Å². The molecule has 2 aromatic carbocycles. The Morgan fingerprint density at radius 2 is 1.68 bits per heavy atom. The number of rotatable bonds is 6. The van der Waals surface area contributed by atoms with Crippen molar-refractivity contribution < 1.29 is 4.74 Å². The first-order chi connectivity index (χ1) is 15.0. The number of hydrogen-bond donors (Lipinski definition) is 0. The van der Waals surface area contributed by atoms with E-state index in [4.69, 9.17) is 21.3 Å². The molecule has 158 valence electrons. The van der Waals surface area contributed by atoms with Gasteiger partial charge in [-0.3, -0.25) is 0 Å². The van der Waals surface area contributed by atoms with Crippen molar-refractivity contribution in [1.29, 1.82) is 0 Å². The lowest BCUT2D eigenvalue weighted by atomic mass is 9.86. The van der Waals surface area contributed by atoms with E-state index >= 15 is 0 Å². The molecule has 2 aromatic heterocycles. The molecule has 0 fully saturated rings. The minimum absolute atomic E-state index is 0.0271. The molecule has 4 aromatic rings. The second-order valence-electron chi connectivity index (χ2n) is 8.38. The molecule has 0 N–H and O–H groups in total. The molecule has 2 heterocycles. The number of hydrogen-bond acceptors (Lipinski definition) is 4. The van der Waals surface area contributed by atoms with Crippen molar-refractivity contribution in [1.82, 2.24) is 9.97 Å². The maximum Gasteiger partial charge on any atom is 0.222 e. The second kappa shape index (κ2) is 9.21. The molecule has 0 bridgehead atoms. The third-order valence-corrected chi connectivity index (χ3v) is 6.40. The average molecular weight is 449 g/mol. The van der Waals surface area contributed by atoms with E-state index in [1.807, 2.05) is 48.5 Å². The SMILES string of the molecule is CC(C)(C)c1ccccc1Oc1ncccc1Cc1nc(CCl)c(-c2ccccc2)s1. The van der Waals surface area contributed by atoms with Crippen LogP contribution in [0.5, 0.6) is 11.6 Å². The summed E-state index contributed by atoms with van der Waals surface area (Å²) in [5.74, 6) is 1.83. The van der Waals surface area contributed by atoms with Crippen molar-refractivity contribution in [3.05, 3.63) is 94.8 Å². The zero-order chi connectivity index (χ0) is 21.8. The Kier molecular flexibility index (Phi) is 6.40. The van der Waals surface area contributed by atoms with Crippen LogP contribution >= 0.6 is 22.9 Å². The van der Waals surface area contributed by atoms with Gasteiger partial charge >= 0.3 is 0 Å². The van der Waals surface area contributed by atoms with Crippen LogP contribution in [0.1, 0.15) is 42.6 Å². The van der Waals surface area contributed by atoms with Crippen molar-refractivity contribution in [3.63, 3.8) is 0 Å². The minimum Gasteiger partial charge on any atom is -0.438 e. The lowest BCUT2D eigenvalue weighted by Gasteiger charge is -2.22. The van der Waals surface area contributed by atoms with E-state index < -0.39 is 0 Å². The van der Waals surface area contributed by atoms with Crippen LogP contribution in [0, 0.1) is 0 Å². The van der Waals surface area contributed by atoms with Crippen molar-refractivity contribution in [3.8, 4) is 22.1 Å². The number of nitrogens with zero attached hydrogens (tertiary/aromatic N) is 2. The van der Waals surface area contributed by atoms with E-state index in [9.17, 15) is 0 Å². The Balaban J connectivity index is 1.65. The molecule has 0 aliphatic carbocycles. The number of thiazole rings is 1. The monoisotopic (exact) mass is 448 g/mol. The Bertz CT molecular complexity index is 1170. The molecule has 0 aliphatic rings. The van der Waals surface area contributed by atoms with Gasteiger partial charge in [0.15, 0.2) is 0 Å². The quantitative estimate of drug-likeness (QED) is 0.284. The highest BCUT2D eigenvalue weighted by molar-refractivity contribution is 7.15. The third kappa shape index (κ3) is 4.97. The van der Waals surface area contributed by atoms with Gasteiger partial charge in [0, 0.05) is 23.7 Å². The lowest BCUT2D eigenvalue weighted by molar-refractivity contribution is 0.435. The molecule has 0 amide bonds. The smallest absolute Gasteiger partial charge is 0.222 e. The maximum absolute atomic E-state index is 6.33. The van der Waals surface area contributed by atoms with Gasteiger partial charge in [-0.1, -0.05) is 75.4 Å². The Morgan fingerprint density at radius 1 is 0.935 bits per heavy atom. The van der Waals surface area contributed by atoms with E-state index in [2.05, 4.69) is 44.0 Å². The van der Waals surface area contributed by atoms with E-state index in [-0.39, 0.29) is 5.41 Å². The minimum atomic E-state index is -0.0271. The summed E-state index contributed by atoms with van der Waals surface area (Å²) < 4.78 is 6.33. The molecule has 3 nitrogen and oxygen atoms in total. The molecule has 31 heavy (non-hydrogen) atoms. The van der Waals surface area contributed by atoms with Crippen molar-refractivity contribution in [2.24, 2.45) is 0 Å². The molecule has 0 radical (unpaired) electrons. The molecule has 0 unspecified atom stereocenters. The fraction of sp³-hybridized carbons (Fsp3) is 0.231. The number of alkyl halides is 1. The summed E-state index contributed by atoms with van der Waals surface area (Å²) in [6, 6.07) is 22.4. The van der Waals surface area contributed by atoms with Gasteiger partial charge in [-0.05, 0) is 23.1 Å². The van der Waals surface area contributed by atoms with Crippen LogP contribution in [0.25, 0.3) is 10.4 Å². The highest BCUT2D eigenvalue weighted by atomic mass is 35.5. The first kappa shape index (κ1) is 21.5. The largest absolute Gasteiger partial charge is 0.438 e. The molecule has 0 saturated heterocycles. The summed E-state index contributed by atoms with van der Waals surface area (Å²) in [7, 11) is 0. The summed E-state index contributed by atoms with van der Waals surface area (Å²) in [5, 5.41) is 0.997. The number of pyridine rings is 1. The molecule has 0 saturated carbocycles. The van der Waals surface area contributed by atoms with Gasteiger partial charge < -0.3 is 4.74 Å². The zero-order valence-corrected chi connectivity index (χ0v) is 19.5. The van der Waals surface area contributed by atoms with Crippen molar-refractivity contribution in [2.45, 2.75) is 38.5 Å². The molecule has 0 atom stereocenters. The van der Waals surface area contributed by atoms with Gasteiger partial charge in [-0.2, -0.15) is 0 Å². The highest BCUT2D eigenvalue weighted by Gasteiger charge is 2.20. The summed E-state index contributed by atoms with van der Waals surface area (Å²) in [6.45, 7) is 6.55. The van der Waals surface area contributed by atoms with Gasteiger partial charge in [-0.15, -0.1) is 22.9 Å². The number of ether oxygens (including phenoxy) is 1. The van der Waals surface area contributed by atoms with Crippen LogP contribution in [0.4, 0.5) is 0 Å². The first-order valence-electron chi connectivity index (χ1n) is 10.3. The van der Waals surface area contributed by atoms with E-state index in [0.717, 1.165) is 38.0 Å². The zero-order valence-electron chi connectivity index (χ0n) is 17.9. The van der Waals surface area contributed by atoms with E-state index in [1.54, 1.807) is 17.5 Å². The fourth-order valence-electron chi connectivity index (χ4n) is 3.47. The van der Waals surface area contributed by atoms with Crippen molar-refractivity contribution in [2.75, 3.05) is 0 Å². The van der Waals surface area contributed by atoms with E-state index in [1.165, 1.54) is 0 Å². The maximum atomic E-state index is 6.33. The average Bonchev–Trinajstić information content (AvgIpc) is 3.18. The van der Waals surface area contributed by atoms with Gasteiger partial charge in [-0.25, -0.2) is 9.97 Å². The van der Waals surface area contributed by atoms with Gasteiger partial charge in [0.25, 0.3) is 0 Å². The first-order valence-corrected chi connectivity index (χ1v) is 11.6. The summed E-state index contributed by atoms with van der Waals surface area (Å²) in [6.07, 6.45) is 2.40. The lowest BCUT2D eigenvalue weighted by Crippen LogP contribution is -2.12. The number of aromatic nitrogens is 2. The molecule has 4 rings (SSSR count). The summed E-state index contributed by atoms with van der Waals surface area (Å²) >= 11 is 7.88. The fourth-order valence-corrected chi connectivity index (χ4v) is 4.86. The summed E-state index contributed by atoms with van der Waals surface area (Å²) in [5.41, 5.74) is 4.18. The standard InChI is InChI=1S/C26H25ClN2OS/c1-26(2,3)20-13-7-8-14-22(20)30-25-19(12-9-15-28-25)16-23-29-21(17-27)24(31-23)18-10-5-4-6-11-18/h4-15H,16-17H2,1-3H3. The number of para-hydroxylation sites is 1. The normalized spacial score (nSPS) is 11.5. The van der Waals surface area contributed by atoms with Crippen LogP contribution < -0.4 is 4.74 Å². The number of halogens is 1. The predicted octanol–water partition coefficient (Wildman–Crippen LogP) is 7.62. The summed E-state index contributed by atoms with van der Waals surface area (Å²) in [4.78, 5) is 10.5. The van der Waals surface area contributed by atoms with Gasteiger partial charge in [0.2, 0.25) is 5.88 Å². The Morgan fingerprint density at radius 3 is 2.42 bits per heavy atom. The topological polar surface area (TPSA) is 35.0 Å². The van der Waals surface area contributed by atoms with Crippen LogP contribution in [0.15, 0.2) is 72.9 Å². The van der Waals surface area contributed by atoms with Crippen LogP contribution in [0.2, 0.25) is 0 Å². The van der Waals surface area contributed by atoms with Gasteiger partial charge in [0.05, 0.1) is 21.5 Å².